The average molecular weight is 387 g/mol. The summed E-state index contributed by atoms with van der Waals surface area (Å²) in [7, 11) is 5.70. The molecule has 0 amide bonds. The maximum absolute atomic E-state index is 14.0. The molecule has 1 fully saturated rings. The quantitative estimate of drug-likeness (QED) is 0.634. The highest BCUT2D eigenvalue weighted by atomic mass is 19.1. The van der Waals surface area contributed by atoms with Crippen molar-refractivity contribution >= 4 is 5.96 Å². The standard InChI is InChI=1S/C21H31FN6/c1-16-7-9-27(14-20(16)28-10-8-24-15-28)21(23-2)25-12-17-5-6-19(22)18(11-17)13-26(3)4/h5-6,8,10-11,15-16,20H,7,9,12-14H2,1-4H3,(H,23,25). The lowest BCUT2D eigenvalue weighted by atomic mass is 9.93. The van der Waals surface area contributed by atoms with Crippen LogP contribution in [0.15, 0.2) is 41.9 Å². The van der Waals surface area contributed by atoms with Gasteiger partial charge in [0.15, 0.2) is 5.96 Å². The number of hydrogen-bond donors (Lipinski definition) is 1. The largest absolute Gasteiger partial charge is 0.352 e. The molecule has 1 saturated heterocycles. The fraction of sp³-hybridized carbons (Fsp3) is 0.524. The SMILES string of the molecule is CN=C(NCc1ccc(F)c(CN(C)C)c1)N1CCC(C)C(n2ccnc2)C1. The van der Waals surface area contributed by atoms with E-state index < -0.39 is 0 Å². The average Bonchev–Trinajstić information content (AvgIpc) is 3.20. The lowest BCUT2D eigenvalue weighted by molar-refractivity contribution is 0.189. The number of rotatable bonds is 5. The van der Waals surface area contributed by atoms with E-state index in [0.717, 1.165) is 31.0 Å². The molecular formula is C21H31FN6. The Hall–Kier alpha value is -2.41. The second kappa shape index (κ2) is 9.19. The highest BCUT2D eigenvalue weighted by Gasteiger charge is 2.28. The molecule has 152 valence electrons. The van der Waals surface area contributed by atoms with E-state index in [9.17, 15) is 4.39 Å². The molecule has 0 spiro atoms. The summed E-state index contributed by atoms with van der Waals surface area (Å²) in [6.45, 7) is 5.37. The van der Waals surface area contributed by atoms with E-state index in [-0.39, 0.29) is 5.82 Å². The minimum Gasteiger partial charge on any atom is -0.352 e. The van der Waals surface area contributed by atoms with Crippen LogP contribution in [0, 0.1) is 11.7 Å². The van der Waals surface area contributed by atoms with Crippen molar-refractivity contribution in [3.63, 3.8) is 0 Å². The Morgan fingerprint density at radius 1 is 1.39 bits per heavy atom. The zero-order valence-corrected chi connectivity index (χ0v) is 17.3. The summed E-state index contributed by atoms with van der Waals surface area (Å²) >= 11 is 0. The number of halogens is 1. The van der Waals surface area contributed by atoms with Gasteiger partial charge in [-0.1, -0.05) is 13.0 Å². The lowest BCUT2D eigenvalue weighted by Gasteiger charge is -2.39. The number of imidazole rings is 1. The van der Waals surface area contributed by atoms with Gasteiger partial charge < -0.3 is 19.7 Å². The number of guanidine groups is 1. The van der Waals surface area contributed by atoms with Gasteiger partial charge in [0.05, 0.1) is 12.4 Å². The molecular weight excluding hydrogens is 355 g/mol. The van der Waals surface area contributed by atoms with E-state index in [0.29, 0.717) is 30.6 Å². The fourth-order valence-electron chi connectivity index (χ4n) is 3.81. The van der Waals surface area contributed by atoms with E-state index in [2.05, 4.69) is 31.7 Å². The lowest BCUT2D eigenvalue weighted by Crippen LogP contribution is -2.48. The Bertz CT molecular complexity index is 786. The van der Waals surface area contributed by atoms with Crippen LogP contribution in [0.25, 0.3) is 0 Å². The molecule has 2 aromatic rings. The van der Waals surface area contributed by atoms with E-state index >= 15 is 0 Å². The summed E-state index contributed by atoms with van der Waals surface area (Å²) in [6, 6.07) is 5.70. The number of piperidine rings is 1. The van der Waals surface area contributed by atoms with E-state index in [1.165, 1.54) is 0 Å². The van der Waals surface area contributed by atoms with Gasteiger partial charge in [0.25, 0.3) is 0 Å². The van der Waals surface area contributed by atoms with Gasteiger partial charge in [0.1, 0.15) is 5.82 Å². The van der Waals surface area contributed by atoms with Crippen LogP contribution in [-0.4, -0.2) is 59.5 Å². The molecule has 2 heterocycles. The Kier molecular flexibility index (Phi) is 6.67. The van der Waals surface area contributed by atoms with E-state index in [4.69, 9.17) is 0 Å². The summed E-state index contributed by atoms with van der Waals surface area (Å²) in [6.07, 6.45) is 6.86. The van der Waals surface area contributed by atoms with Crippen LogP contribution in [0.5, 0.6) is 0 Å². The summed E-state index contributed by atoms with van der Waals surface area (Å²) in [4.78, 5) is 13.0. The number of benzene rings is 1. The number of nitrogens with one attached hydrogen (secondary N) is 1. The molecule has 2 unspecified atom stereocenters. The van der Waals surface area contributed by atoms with Crippen LogP contribution in [0.4, 0.5) is 4.39 Å². The zero-order chi connectivity index (χ0) is 20.1. The molecule has 2 atom stereocenters. The van der Waals surface area contributed by atoms with Crippen LogP contribution < -0.4 is 5.32 Å². The van der Waals surface area contributed by atoms with Gasteiger partial charge in [-0.2, -0.15) is 0 Å². The Labute approximate surface area is 167 Å². The van der Waals surface area contributed by atoms with E-state index in [1.807, 2.05) is 56.9 Å². The molecule has 0 aliphatic carbocycles. The van der Waals surface area contributed by atoms with Crippen molar-refractivity contribution in [3.05, 3.63) is 53.9 Å². The number of nitrogens with zero attached hydrogens (tertiary/aromatic N) is 5. The first-order chi connectivity index (χ1) is 13.5. The van der Waals surface area contributed by atoms with Crippen LogP contribution >= 0.6 is 0 Å². The van der Waals surface area contributed by atoms with Gasteiger partial charge in [-0.3, -0.25) is 4.99 Å². The maximum atomic E-state index is 14.0. The van der Waals surface area contributed by atoms with Crippen LogP contribution in [0.2, 0.25) is 0 Å². The minimum atomic E-state index is -0.157. The van der Waals surface area contributed by atoms with Crippen molar-refractivity contribution in [1.82, 2.24) is 24.7 Å². The molecule has 1 N–H and O–H groups in total. The number of likely N-dealkylation sites (tertiary alicyclic amines) is 1. The Balaban J connectivity index is 1.65. The molecule has 0 saturated carbocycles. The zero-order valence-electron chi connectivity index (χ0n) is 17.3. The number of aromatic nitrogens is 2. The fourth-order valence-corrected chi connectivity index (χ4v) is 3.81. The smallest absolute Gasteiger partial charge is 0.193 e. The van der Waals surface area contributed by atoms with Crippen molar-refractivity contribution in [2.75, 3.05) is 34.2 Å². The first kappa shape index (κ1) is 20.3. The molecule has 1 aromatic carbocycles. The van der Waals surface area contributed by atoms with Crippen LogP contribution in [0.1, 0.15) is 30.5 Å². The van der Waals surface area contributed by atoms with E-state index in [1.54, 1.807) is 6.07 Å². The molecule has 7 heteroatoms. The second-order valence-corrected chi connectivity index (χ2v) is 7.85. The molecule has 3 rings (SSSR count). The Morgan fingerprint density at radius 3 is 2.89 bits per heavy atom. The molecule has 1 aliphatic rings. The van der Waals surface area contributed by atoms with Crippen molar-refractivity contribution in [2.24, 2.45) is 10.9 Å². The predicted molar refractivity (Wildman–Crippen MR) is 111 cm³/mol. The first-order valence-corrected chi connectivity index (χ1v) is 9.83. The van der Waals surface area contributed by atoms with Crippen LogP contribution in [0.3, 0.4) is 0 Å². The number of aliphatic imine (C=N–C) groups is 1. The van der Waals surface area contributed by atoms with Gasteiger partial charge in [-0.25, -0.2) is 9.37 Å². The summed E-state index contributed by atoms with van der Waals surface area (Å²) < 4.78 is 16.2. The minimum absolute atomic E-state index is 0.157. The highest BCUT2D eigenvalue weighted by Crippen LogP contribution is 2.27. The molecule has 1 aromatic heterocycles. The summed E-state index contributed by atoms with van der Waals surface area (Å²) in [5.41, 5.74) is 1.77. The van der Waals surface area contributed by atoms with Gasteiger partial charge in [0, 0.05) is 51.2 Å². The van der Waals surface area contributed by atoms with Gasteiger partial charge in [0.2, 0.25) is 0 Å². The summed E-state index contributed by atoms with van der Waals surface area (Å²) in [5, 5.41) is 3.45. The molecule has 6 nitrogen and oxygen atoms in total. The van der Waals surface area contributed by atoms with Crippen molar-refractivity contribution in [2.45, 2.75) is 32.5 Å². The maximum Gasteiger partial charge on any atom is 0.193 e. The normalized spacial score (nSPS) is 20.6. The monoisotopic (exact) mass is 386 g/mol. The third-order valence-corrected chi connectivity index (χ3v) is 5.39. The van der Waals surface area contributed by atoms with Gasteiger partial charge >= 0.3 is 0 Å². The third-order valence-electron chi connectivity index (χ3n) is 5.39. The topological polar surface area (TPSA) is 48.7 Å². The molecule has 28 heavy (non-hydrogen) atoms. The van der Waals surface area contributed by atoms with Crippen molar-refractivity contribution in [1.29, 1.82) is 0 Å². The van der Waals surface area contributed by atoms with Crippen molar-refractivity contribution < 1.29 is 4.39 Å². The number of hydrogen-bond acceptors (Lipinski definition) is 3. The van der Waals surface area contributed by atoms with Crippen molar-refractivity contribution in [3.8, 4) is 0 Å². The molecule has 0 radical (unpaired) electrons. The van der Waals surface area contributed by atoms with Crippen LogP contribution in [-0.2, 0) is 13.1 Å². The third kappa shape index (κ3) is 4.90. The van der Waals surface area contributed by atoms with Gasteiger partial charge in [-0.15, -0.1) is 0 Å². The molecule has 0 bridgehead atoms. The first-order valence-electron chi connectivity index (χ1n) is 9.83. The Morgan fingerprint density at radius 2 is 2.21 bits per heavy atom. The second-order valence-electron chi connectivity index (χ2n) is 7.85. The highest BCUT2D eigenvalue weighted by molar-refractivity contribution is 5.80. The molecule has 1 aliphatic heterocycles. The van der Waals surface area contributed by atoms with Gasteiger partial charge in [-0.05, 0) is 44.1 Å². The summed E-state index contributed by atoms with van der Waals surface area (Å²) in [5.74, 6) is 1.32. The predicted octanol–water partition coefficient (Wildman–Crippen LogP) is 2.74.